The summed E-state index contributed by atoms with van der Waals surface area (Å²) in [6.45, 7) is 4.51. The maximum Gasteiger partial charge on any atom is 0.245 e. The summed E-state index contributed by atoms with van der Waals surface area (Å²) in [6, 6.07) is 15.8. The second-order valence-corrected chi connectivity index (χ2v) is 13.6. The highest BCUT2D eigenvalue weighted by molar-refractivity contribution is 5.92. The SMILES string of the molecule is CC(C)(N)C(=O)N[C@H](Cc1c[nH]c2ccccc12)C(=O)N1CCC2(CC1)CC(NC(=O)C1CCCCC1)c1ccccc12.Cl. The molecular weight excluding hydrogens is 574 g/mol. The highest BCUT2D eigenvalue weighted by atomic mass is 35.5. The fraction of sp³-hybridized carbons (Fsp3) is 0.514. The number of likely N-dealkylation sites (tertiary alicyclic amines) is 1. The van der Waals surface area contributed by atoms with Crippen LogP contribution in [0, 0.1) is 5.92 Å². The number of halogens is 1. The summed E-state index contributed by atoms with van der Waals surface area (Å²) in [5, 5.41) is 7.44. The van der Waals surface area contributed by atoms with E-state index in [9.17, 15) is 14.4 Å². The van der Waals surface area contributed by atoms with E-state index >= 15 is 0 Å². The van der Waals surface area contributed by atoms with E-state index < -0.39 is 11.6 Å². The van der Waals surface area contributed by atoms with Gasteiger partial charge in [0.2, 0.25) is 17.7 Å². The Kier molecular flexibility index (Phi) is 9.42. The molecule has 2 fully saturated rings. The number of carbonyl (C=O) groups excluding carboxylic acids is 3. The minimum absolute atomic E-state index is 0. The van der Waals surface area contributed by atoms with E-state index in [4.69, 9.17) is 5.73 Å². The molecule has 2 atom stereocenters. The number of amides is 3. The lowest BCUT2D eigenvalue weighted by molar-refractivity contribution is -0.138. The number of hydrogen-bond donors (Lipinski definition) is 4. The third-order valence-electron chi connectivity index (χ3n) is 10.1. The number of hydrogen-bond acceptors (Lipinski definition) is 4. The van der Waals surface area contributed by atoms with E-state index in [2.05, 4.69) is 39.9 Å². The second-order valence-electron chi connectivity index (χ2n) is 13.6. The van der Waals surface area contributed by atoms with Crippen LogP contribution in [-0.2, 0) is 26.2 Å². The molecule has 3 aromatic rings. The molecule has 1 aromatic heterocycles. The number of carbonyl (C=O) groups is 3. The average molecular weight is 620 g/mol. The molecule has 3 aliphatic rings. The molecular formula is C35H46ClN5O3. The van der Waals surface area contributed by atoms with Crippen molar-refractivity contribution >= 4 is 41.0 Å². The largest absolute Gasteiger partial charge is 0.361 e. The smallest absolute Gasteiger partial charge is 0.245 e. The van der Waals surface area contributed by atoms with E-state index in [0.29, 0.717) is 19.5 Å². The predicted molar refractivity (Wildman–Crippen MR) is 175 cm³/mol. The van der Waals surface area contributed by atoms with Crippen molar-refractivity contribution in [3.05, 3.63) is 71.4 Å². The van der Waals surface area contributed by atoms with Crippen molar-refractivity contribution < 1.29 is 14.4 Å². The van der Waals surface area contributed by atoms with Crippen LogP contribution >= 0.6 is 12.4 Å². The summed E-state index contributed by atoms with van der Waals surface area (Å²) in [4.78, 5) is 45.4. The number of nitrogens with zero attached hydrogens (tertiary/aromatic N) is 1. The van der Waals surface area contributed by atoms with Crippen LogP contribution in [0.2, 0.25) is 0 Å². The topological polar surface area (TPSA) is 120 Å². The number of nitrogens with one attached hydrogen (secondary N) is 3. The molecule has 2 heterocycles. The Balaban J connectivity index is 0.00000384. The van der Waals surface area contributed by atoms with Gasteiger partial charge in [-0.3, -0.25) is 14.4 Å². The van der Waals surface area contributed by atoms with Crippen LogP contribution < -0.4 is 16.4 Å². The van der Waals surface area contributed by atoms with Crippen molar-refractivity contribution in [2.24, 2.45) is 11.7 Å². The highest BCUT2D eigenvalue weighted by Gasteiger charge is 2.47. The molecule has 5 N–H and O–H groups in total. The lowest BCUT2D eigenvalue weighted by atomic mass is 9.73. The Morgan fingerprint density at radius 1 is 1.02 bits per heavy atom. The van der Waals surface area contributed by atoms with E-state index in [-0.39, 0.29) is 47.5 Å². The summed E-state index contributed by atoms with van der Waals surface area (Å²) in [6.07, 6.45) is 10.3. The van der Waals surface area contributed by atoms with Gasteiger partial charge in [-0.2, -0.15) is 0 Å². The first-order valence-corrected chi connectivity index (χ1v) is 16.0. The van der Waals surface area contributed by atoms with Crippen LogP contribution in [0.5, 0.6) is 0 Å². The van der Waals surface area contributed by atoms with Gasteiger partial charge < -0.3 is 26.3 Å². The molecule has 0 bridgehead atoms. The normalized spacial score (nSPS) is 20.5. The van der Waals surface area contributed by atoms with Crippen molar-refractivity contribution in [3.63, 3.8) is 0 Å². The average Bonchev–Trinajstić information content (AvgIpc) is 3.55. The molecule has 8 nitrogen and oxygen atoms in total. The van der Waals surface area contributed by atoms with Gasteiger partial charge in [0.1, 0.15) is 6.04 Å². The lowest BCUT2D eigenvalue weighted by Crippen LogP contribution is -2.58. The summed E-state index contributed by atoms with van der Waals surface area (Å²) >= 11 is 0. The van der Waals surface area contributed by atoms with Crippen LogP contribution in [0.1, 0.15) is 87.9 Å². The second kappa shape index (κ2) is 12.9. The van der Waals surface area contributed by atoms with Crippen LogP contribution in [0.15, 0.2) is 54.7 Å². The number of aromatic amines is 1. The number of fused-ring (bicyclic) bond motifs is 3. The summed E-state index contributed by atoms with van der Waals surface area (Å²) in [7, 11) is 0. The maximum atomic E-state index is 14.1. The minimum atomic E-state index is -1.10. The maximum absolute atomic E-state index is 14.1. The number of H-pyrrole nitrogens is 1. The Morgan fingerprint density at radius 3 is 2.43 bits per heavy atom. The molecule has 1 saturated heterocycles. The monoisotopic (exact) mass is 619 g/mol. The molecule has 1 unspecified atom stereocenters. The van der Waals surface area contributed by atoms with Crippen LogP contribution in [0.3, 0.4) is 0 Å². The van der Waals surface area contributed by atoms with Crippen molar-refractivity contribution in [1.29, 1.82) is 0 Å². The Hall–Kier alpha value is -3.36. The zero-order valence-corrected chi connectivity index (χ0v) is 26.7. The third kappa shape index (κ3) is 6.38. The van der Waals surface area contributed by atoms with Gasteiger partial charge >= 0.3 is 0 Å². The van der Waals surface area contributed by atoms with Gasteiger partial charge in [-0.25, -0.2) is 0 Å². The Morgan fingerprint density at radius 2 is 1.70 bits per heavy atom. The van der Waals surface area contributed by atoms with E-state index in [0.717, 1.165) is 61.4 Å². The van der Waals surface area contributed by atoms with Crippen molar-refractivity contribution in [3.8, 4) is 0 Å². The first-order valence-electron chi connectivity index (χ1n) is 16.0. The van der Waals surface area contributed by atoms with Gasteiger partial charge in [-0.1, -0.05) is 61.7 Å². The fourth-order valence-electron chi connectivity index (χ4n) is 7.59. The molecule has 2 aromatic carbocycles. The Labute approximate surface area is 266 Å². The molecule has 0 radical (unpaired) electrons. The van der Waals surface area contributed by atoms with Crippen molar-refractivity contribution in [1.82, 2.24) is 20.5 Å². The molecule has 3 amide bonds. The van der Waals surface area contributed by atoms with Crippen molar-refractivity contribution in [2.75, 3.05) is 13.1 Å². The summed E-state index contributed by atoms with van der Waals surface area (Å²) in [5.74, 6) is -0.103. The van der Waals surface area contributed by atoms with Gasteiger partial charge in [0.05, 0.1) is 11.6 Å². The number of nitrogens with two attached hydrogens (primary N) is 1. The van der Waals surface area contributed by atoms with Gasteiger partial charge in [0, 0.05) is 47.9 Å². The van der Waals surface area contributed by atoms with Gasteiger partial charge in [0.25, 0.3) is 0 Å². The Bertz CT molecular complexity index is 1500. The molecule has 1 saturated carbocycles. The predicted octanol–water partition coefficient (Wildman–Crippen LogP) is 5.06. The number of aromatic nitrogens is 1. The van der Waals surface area contributed by atoms with Crippen LogP contribution in [-0.4, -0.2) is 52.3 Å². The lowest BCUT2D eigenvalue weighted by Gasteiger charge is -2.41. The summed E-state index contributed by atoms with van der Waals surface area (Å²) in [5.41, 5.74) is 9.45. The first-order chi connectivity index (χ1) is 20.6. The molecule has 2 aliphatic carbocycles. The molecule has 236 valence electrons. The number of benzene rings is 2. The molecule has 9 heteroatoms. The van der Waals surface area contributed by atoms with Crippen LogP contribution in [0.25, 0.3) is 10.9 Å². The molecule has 44 heavy (non-hydrogen) atoms. The van der Waals surface area contributed by atoms with Crippen molar-refractivity contribution in [2.45, 2.75) is 94.7 Å². The zero-order chi connectivity index (χ0) is 30.2. The van der Waals surface area contributed by atoms with Gasteiger partial charge in [-0.05, 0) is 68.7 Å². The fourth-order valence-corrected chi connectivity index (χ4v) is 7.59. The van der Waals surface area contributed by atoms with Gasteiger partial charge in [-0.15, -0.1) is 12.4 Å². The molecule has 1 aliphatic heterocycles. The van der Waals surface area contributed by atoms with E-state index in [1.807, 2.05) is 35.4 Å². The minimum Gasteiger partial charge on any atom is -0.361 e. The van der Waals surface area contributed by atoms with Crippen LogP contribution in [0.4, 0.5) is 0 Å². The molecule has 6 rings (SSSR count). The van der Waals surface area contributed by atoms with Gasteiger partial charge in [0.15, 0.2) is 0 Å². The number of para-hydroxylation sites is 1. The van der Waals surface area contributed by atoms with E-state index in [1.54, 1.807) is 13.8 Å². The number of piperidine rings is 1. The standard InChI is InChI=1S/C35H45N5O3.ClH/c1-34(2,36)33(43)39-29(20-24-22-37-28-15-9-7-12-25(24)28)32(42)40-18-16-35(17-19-40)21-30(26-13-6-8-14-27(26)35)38-31(41)23-10-4-3-5-11-23;/h6-9,12-15,22-23,29-30,37H,3-5,10-11,16-21,36H2,1-2H3,(H,38,41)(H,39,43);1H/t29-,30?;/m1./s1. The zero-order valence-electron chi connectivity index (χ0n) is 25.9. The quantitative estimate of drug-likeness (QED) is 0.296. The van der Waals surface area contributed by atoms with E-state index in [1.165, 1.54) is 17.5 Å². The molecule has 1 spiro atoms. The number of rotatable bonds is 7. The highest BCUT2D eigenvalue weighted by Crippen LogP contribution is 2.51. The third-order valence-corrected chi connectivity index (χ3v) is 10.1. The first kappa shape index (κ1) is 32.0. The summed E-state index contributed by atoms with van der Waals surface area (Å²) < 4.78 is 0.